The van der Waals surface area contributed by atoms with Crippen molar-refractivity contribution in [2.24, 2.45) is 12.0 Å². The molecule has 1 N–H and O–H groups in total. The Balaban J connectivity index is 1.47. The van der Waals surface area contributed by atoms with Crippen LogP contribution in [0.5, 0.6) is 0 Å². The fraction of sp³-hybridized carbons (Fsp3) is 0.357. The minimum absolute atomic E-state index is 0.438. The average Bonchev–Trinajstić information content (AvgIpc) is 3.10. The van der Waals surface area contributed by atoms with Crippen LogP contribution in [-0.4, -0.2) is 33.0 Å². The van der Waals surface area contributed by atoms with E-state index < -0.39 is 0 Å². The van der Waals surface area contributed by atoms with Crippen molar-refractivity contribution in [2.75, 3.05) is 13.1 Å². The van der Waals surface area contributed by atoms with E-state index >= 15 is 0 Å². The van der Waals surface area contributed by atoms with E-state index in [9.17, 15) is 0 Å². The third-order valence-corrected chi connectivity index (χ3v) is 4.46. The van der Waals surface area contributed by atoms with Gasteiger partial charge in [-0.2, -0.15) is 0 Å². The molecule has 1 unspecified atom stereocenters. The Kier molecular flexibility index (Phi) is 4.01. The van der Waals surface area contributed by atoms with E-state index in [4.69, 9.17) is 0 Å². The van der Waals surface area contributed by atoms with Crippen molar-refractivity contribution in [1.82, 2.24) is 20.1 Å². The van der Waals surface area contributed by atoms with Gasteiger partial charge < -0.3 is 9.88 Å². The summed E-state index contributed by atoms with van der Waals surface area (Å²) in [6, 6.07) is 10.5. The van der Waals surface area contributed by atoms with Crippen molar-refractivity contribution in [3.63, 3.8) is 0 Å². The van der Waals surface area contributed by atoms with Crippen LogP contribution >= 0.6 is 11.8 Å². The molecule has 0 fully saturated rings. The van der Waals surface area contributed by atoms with E-state index in [0.717, 1.165) is 30.5 Å². The number of nitrogens with zero attached hydrogens (tertiary/aromatic N) is 4. The van der Waals surface area contributed by atoms with Gasteiger partial charge in [0.15, 0.2) is 5.17 Å². The smallest absolute Gasteiger partial charge is 0.157 e. The molecule has 5 nitrogen and oxygen atoms in total. The van der Waals surface area contributed by atoms with Gasteiger partial charge >= 0.3 is 0 Å². The van der Waals surface area contributed by atoms with Gasteiger partial charge in [-0.3, -0.25) is 4.99 Å². The summed E-state index contributed by atoms with van der Waals surface area (Å²) in [5, 5.41) is 12.8. The minimum Gasteiger partial charge on any atom is -0.364 e. The van der Waals surface area contributed by atoms with E-state index in [1.54, 1.807) is 18.1 Å². The monoisotopic (exact) mass is 287 g/mol. The maximum Gasteiger partial charge on any atom is 0.157 e. The molecule has 1 aromatic heterocycles. The summed E-state index contributed by atoms with van der Waals surface area (Å²) < 4.78 is 1.94. The van der Waals surface area contributed by atoms with Crippen LogP contribution in [0.4, 0.5) is 0 Å². The lowest BCUT2D eigenvalue weighted by atomic mass is 10.1. The molecule has 0 aliphatic carbocycles. The zero-order valence-corrected chi connectivity index (χ0v) is 12.2. The second-order valence-electron chi connectivity index (χ2n) is 4.70. The van der Waals surface area contributed by atoms with Crippen molar-refractivity contribution in [2.45, 2.75) is 11.7 Å². The summed E-state index contributed by atoms with van der Waals surface area (Å²) >= 11 is 1.80. The number of aryl methyl sites for hydroxylation is 1. The third-order valence-electron chi connectivity index (χ3n) is 3.26. The third kappa shape index (κ3) is 3.01. The largest absolute Gasteiger partial charge is 0.364 e. The number of thioether (sulfide) groups is 1. The Morgan fingerprint density at radius 2 is 2.20 bits per heavy atom. The molecule has 1 aliphatic heterocycles. The number of benzene rings is 1. The van der Waals surface area contributed by atoms with Crippen molar-refractivity contribution in [1.29, 1.82) is 0 Å². The molecule has 1 aromatic carbocycles. The lowest BCUT2D eigenvalue weighted by molar-refractivity contribution is 0.750. The van der Waals surface area contributed by atoms with E-state index in [0.29, 0.717) is 5.25 Å². The van der Waals surface area contributed by atoms with Gasteiger partial charge in [0.1, 0.15) is 12.2 Å². The molecule has 0 bridgehead atoms. The number of hydrogen-bond donors (Lipinski definition) is 1. The molecule has 3 rings (SSSR count). The topological polar surface area (TPSA) is 55.1 Å². The highest BCUT2D eigenvalue weighted by atomic mass is 32.2. The van der Waals surface area contributed by atoms with Gasteiger partial charge in [-0.15, -0.1) is 10.2 Å². The first-order valence-corrected chi connectivity index (χ1v) is 7.53. The summed E-state index contributed by atoms with van der Waals surface area (Å²) in [5.74, 6) is 0.987. The number of aromatic nitrogens is 3. The quantitative estimate of drug-likeness (QED) is 0.931. The molecular weight excluding hydrogens is 270 g/mol. The predicted molar refractivity (Wildman–Crippen MR) is 81.8 cm³/mol. The molecule has 0 amide bonds. The number of rotatable bonds is 4. The number of aliphatic imine (C=N–C) groups is 1. The molecule has 2 heterocycles. The van der Waals surface area contributed by atoms with Crippen molar-refractivity contribution in [3.8, 4) is 0 Å². The highest BCUT2D eigenvalue weighted by Gasteiger charge is 2.20. The van der Waals surface area contributed by atoms with Gasteiger partial charge in [0.25, 0.3) is 0 Å². The zero-order valence-electron chi connectivity index (χ0n) is 11.4. The first-order chi connectivity index (χ1) is 9.83. The summed E-state index contributed by atoms with van der Waals surface area (Å²) in [7, 11) is 1.96. The van der Waals surface area contributed by atoms with Crippen LogP contribution in [0.3, 0.4) is 0 Å². The van der Waals surface area contributed by atoms with Gasteiger partial charge in [0.05, 0.1) is 11.8 Å². The maximum atomic E-state index is 4.56. The van der Waals surface area contributed by atoms with Crippen LogP contribution in [0, 0.1) is 0 Å². The van der Waals surface area contributed by atoms with E-state index in [2.05, 4.69) is 44.8 Å². The Hall–Kier alpha value is -1.82. The standard InChI is InChI=1S/C14H17N5S/c1-19-10-17-18-13(19)7-8-15-14-16-9-12(20-14)11-5-3-2-4-6-11/h2-6,10,12H,7-9H2,1H3,(H,15,16). The lowest BCUT2D eigenvalue weighted by Gasteiger charge is -2.09. The molecule has 2 aromatic rings. The molecule has 20 heavy (non-hydrogen) atoms. The van der Waals surface area contributed by atoms with Gasteiger partial charge in [-0.05, 0) is 5.56 Å². The molecule has 0 radical (unpaired) electrons. The van der Waals surface area contributed by atoms with E-state index in [1.165, 1.54) is 5.56 Å². The molecule has 1 aliphatic rings. The SMILES string of the molecule is Cn1cnnc1CCNC1=NCC(c2ccccc2)S1. The lowest BCUT2D eigenvalue weighted by Crippen LogP contribution is -2.22. The van der Waals surface area contributed by atoms with E-state index in [-0.39, 0.29) is 0 Å². The Morgan fingerprint density at radius 3 is 2.95 bits per heavy atom. The van der Waals surface area contributed by atoms with Crippen LogP contribution < -0.4 is 5.32 Å². The minimum atomic E-state index is 0.438. The van der Waals surface area contributed by atoms with E-state index in [1.807, 2.05) is 17.7 Å². The van der Waals surface area contributed by atoms with Crippen molar-refractivity contribution >= 4 is 16.9 Å². The second-order valence-corrected chi connectivity index (χ2v) is 5.89. The van der Waals surface area contributed by atoms with Gasteiger partial charge in [0.2, 0.25) is 0 Å². The summed E-state index contributed by atoms with van der Waals surface area (Å²) in [6.07, 6.45) is 2.58. The van der Waals surface area contributed by atoms with Crippen LogP contribution in [0.1, 0.15) is 16.6 Å². The van der Waals surface area contributed by atoms with Crippen LogP contribution in [0.2, 0.25) is 0 Å². The van der Waals surface area contributed by atoms with Gasteiger partial charge in [-0.1, -0.05) is 42.1 Å². The van der Waals surface area contributed by atoms with Gasteiger partial charge in [-0.25, -0.2) is 0 Å². The van der Waals surface area contributed by atoms with Crippen LogP contribution in [0.15, 0.2) is 41.7 Å². The second kappa shape index (κ2) is 6.09. The first-order valence-electron chi connectivity index (χ1n) is 6.66. The Bertz CT molecular complexity index is 593. The number of nitrogens with one attached hydrogen (secondary N) is 1. The molecule has 0 spiro atoms. The molecule has 1 atom stereocenters. The number of amidine groups is 1. The van der Waals surface area contributed by atoms with Crippen LogP contribution in [-0.2, 0) is 13.5 Å². The molecule has 0 saturated heterocycles. The van der Waals surface area contributed by atoms with Crippen LogP contribution in [0.25, 0.3) is 0 Å². The Morgan fingerprint density at radius 1 is 1.35 bits per heavy atom. The van der Waals surface area contributed by atoms with Gasteiger partial charge in [0, 0.05) is 20.0 Å². The van der Waals surface area contributed by atoms with Crippen molar-refractivity contribution < 1.29 is 0 Å². The highest BCUT2D eigenvalue weighted by Crippen LogP contribution is 2.33. The number of hydrogen-bond acceptors (Lipinski definition) is 5. The van der Waals surface area contributed by atoms with Crippen molar-refractivity contribution in [3.05, 3.63) is 48.0 Å². The first kappa shape index (κ1) is 13.2. The Labute approximate surface area is 122 Å². The summed E-state index contributed by atoms with van der Waals surface area (Å²) in [6.45, 7) is 1.68. The molecule has 6 heteroatoms. The summed E-state index contributed by atoms with van der Waals surface area (Å²) in [5.41, 5.74) is 1.34. The molecule has 104 valence electrons. The normalized spacial score (nSPS) is 18.1. The molecular formula is C14H17N5S. The fourth-order valence-electron chi connectivity index (χ4n) is 2.13. The predicted octanol–water partition coefficient (Wildman–Crippen LogP) is 1.79. The molecule has 0 saturated carbocycles. The highest BCUT2D eigenvalue weighted by molar-refractivity contribution is 8.14. The fourth-order valence-corrected chi connectivity index (χ4v) is 3.17. The summed E-state index contributed by atoms with van der Waals surface area (Å²) in [4.78, 5) is 4.56. The maximum absolute atomic E-state index is 4.56. The average molecular weight is 287 g/mol. The zero-order chi connectivity index (χ0) is 13.8.